The number of aryl methyl sites for hydroxylation is 1. The van der Waals surface area contributed by atoms with Gasteiger partial charge in [0.2, 0.25) is 0 Å². The second-order valence-electron chi connectivity index (χ2n) is 8.60. The minimum atomic E-state index is -0.773. The number of hydrogen-bond donors (Lipinski definition) is 1. The summed E-state index contributed by atoms with van der Waals surface area (Å²) in [5.74, 6) is 0.720. The number of likely N-dealkylation sites (tertiary alicyclic amines) is 1. The summed E-state index contributed by atoms with van der Waals surface area (Å²) in [5.41, 5.74) is 4.98. The zero-order valence-corrected chi connectivity index (χ0v) is 18.5. The zero-order valence-electron chi connectivity index (χ0n) is 18.5. The molecule has 4 nitrogen and oxygen atoms in total. The van der Waals surface area contributed by atoms with Crippen LogP contribution in [-0.4, -0.2) is 29.1 Å². The van der Waals surface area contributed by atoms with Crippen molar-refractivity contribution in [2.24, 2.45) is 0 Å². The SMILES string of the molecule is O=C(O)CCc1ccc(OCc2ccc(CN3CCC(c4ccccc4)CC3)cc2)cc1. The van der Waals surface area contributed by atoms with Crippen molar-refractivity contribution in [3.8, 4) is 5.75 Å². The molecule has 3 aromatic rings. The normalized spacial score (nSPS) is 14.9. The highest BCUT2D eigenvalue weighted by molar-refractivity contribution is 5.67. The third-order valence-electron chi connectivity index (χ3n) is 6.24. The largest absolute Gasteiger partial charge is 0.489 e. The fraction of sp³-hybridized carbons (Fsp3) is 0.321. The molecule has 32 heavy (non-hydrogen) atoms. The van der Waals surface area contributed by atoms with Crippen molar-refractivity contribution in [3.63, 3.8) is 0 Å². The van der Waals surface area contributed by atoms with E-state index < -0.39 is 5.97 Å². The Bertz CT molecular complexity index is 975. The van der Waals surface area contributed by atoms with Gasteiger partial charge in [-0.1, -0.05) is 66.7 Å². The van der Waals surface area contributed by atoms with Gasteiger partial charge in [-0.2, -0.15) is 0 Å². The van der Waals surface area contributed by atoms with Gasteiger partial charge >= 0.3 is 5.97 Å². The summed E-state index contributed by atoms with van der Waals surface area (Å²) < 4.78 is 5.89. The maximum atomic E-state index is 10.7. The number of aliphatic carboxylic acids is 1. The highest BCUT2D eigenvalue weighted by Gasteiger charge is 2.20. The molecule has 4 rings (SSSR count). The van der Waals surface area contributed by atoms with Crippen LogP contribution in [0.25, 0.3) is 0 Å². The van der Waals surface area contributed by atoms with Gasteiger partial charge in [-0.15, -0.1) is 0 Å². The van der Waals surface area contributed by atoms with E-state index in [9.17, 15) is 4.79 Å². The molecule has 4 heteroatoms. The first kappa shape index (κ1) is 22.1. The molecule has 0 amide bonds. The lowest BCUT2D eigenvalue weighted by atomic mass is 9.89. The Labute approximate surface area is 190 Å². The van der Waals surface area contributed by atoms with E-state index in [-0.39, 0.29) is 6.42 Å². The van der Waals surface area contributed by atoms with Crippen LogP contribution in [0.3, 0.4) is 0 Å². The Morgan fingerprint density at radius 1 is 0.844 bits per heavy atom. The maximum absolute atomic E-state index is 10.7. The van der Waals surface area contributed by atoms with Gasteiger partial charge in [0.05, 0.1) is 0 Å². The average Bonchev–Trinajstić information content (AvgIpc) is 2.84. The van der Waals surface area contributed by atoms with Crippen molar-refractivity contribution in [3.05, 3.63) is 101 Å². The summed E-state index contributed by atoms with van der Waals surface area (Å²) in [6.07, 6.45) is 3.15. The quantitative estimate of drug-likeness (QED) is 0.477. The molecule has 0 bridgehead atoms. The Morgan fingerprint density at radius 2 is 1.47 bits per heavy atom. The van der Waals surface area contributed by atoms with E-state index in [2.05, 4.69) is 59.5 Å². The van der Waals surface area contributed by atoms with Crippen LogP contribution >= 0.6 is 0 Å². The van der Waals surface area contributed by atoms with Crippen LogP contribution in [0.2, 0.25) is 0 Å². The molecule has 0 unspecified atom stereocenters. The van der Waals surface area contributed by atoms with Crippen LogP contribution in [0.5, 0.6) is 5.75 Å². The van der Waals surface area contributed by atoms with Crippen molar-refractivity contribution >= 4 is 5.97 Å². The number of ether oxygens (including phenoxy) is 1. The number of piperidine rings is 1. The first-order chi connectivity index (χ1) is 15.7. The van der Waals surface area contributed by atoms with E-state index in [1.807, 2.05) is 24.3 Å². The van der Waals surface area contributed by atoms with Gasteiger partial charge in [-0.05, 0) is 72.7 Å². The van der Waals surface area contributed by atoms with Gasteiger partial charge in [-0.3, -0.25) is 9.69 Å². The Kier molecular flexibility index (Phi) is 7.57. The molecule has 1 aliphatic rings. The van der Waals surface area contributed by atoms with Crippen LogP contribution in [0.15, 0.2) is 78.9 Å². The lowest BCUT2D eigenvalue weighted by Gasteiger charge is -2.32. The van der Waals surface area contributed by atoms with E-state index >= 15 is 0 Å². The lowest BCUT2D eigenvalue weighted by molar-refractivity contribution is -0.136. The molecule has 0 radical (unpaired) electrons. The molecule has 166 valence electrons. The summed E-state index contributed by atoms with van der Waals surface area (Å²) >= 11 is 0. The summed E-state index contributed by atoms with van der Waals surface area (Å²) in [6.45, 7) is 3.82. The molecule has 1 saturated heterocycles. The molecular weight excluding hydrogens is 398 g/mol. The number of carboxylic acids is 1. The lowest BCUT2D eigenvalue weighted by Crippen LogP contribution is -2.32. The minimum Gasteiger partial charge on any atom is -0.489 e. The van der Waals surface area contributed by atoms with Crippen LogP contribution < -0.4 is 4.74 Å². The number of carboxylic acid groups (broad SMARTS) is 1. The minimum absolute atomic E-state index is 0.150. The Morgan fingerprint density at radius 3 is 2.12 bits per heavy atom. The molecule has 0 saturated carbocycles. The molecule has 0 aromatic heterocycles. The third kappa shape index (κ3) is 6.44. The molecule has 3 aromatic carbocycles. The average molecular weight is 430 g/mol. The fourth-order valence-electron chi connectivity index (χ4n) is 4.32. The summed E-state index contributed by atoms with van der Waals surface area (Å²) in [7, 11) is 0. The van der Waals surface area contributed by atoms with Gasteiger partial charge in [0.15, 0.2) is 0 Å². The number of rotatable bonds is 9. The predicted octanol–water partition coefficient (Wildman–Crippen LogP) is 5.66. The van der Waals surface area contributed by atoms with E-state index in [1.54, 1.807) is 0 Å². The fourth-order valence-corrected chi connectivity index (χ4v) is 4.32. The molecule has 0 spiro atoms. The van der Waals surface area contributed by atoms with Crippen molar-refractivity contribution in [1.29, 1.82) is 0 Å². The van der Waals surface area contributed by atoms with Crippen molar-refractivity contribution in [2.45, 2.75) is 44.8 Å². The van der Waals surface area contributed by atoms with Crippen molar-refractivity contribution in [2.75, 3.05) is 13.1 Å². The second-order valence-corrected chi connectivity index (χ2v) is 8.60. The van der Waals surface area contributed by atoms with Crippen LogP contribution in [-0.2, 0) is 24.4 Å². The molecule has 0 aliphatic carbocycles. The van der Waals surface area contributed by atoms with Gasteiger partial charge in [0, 0.05) is 13.0 Å². The Hall–Kier alpha value is -3.11. The van der Waals surface area contributed by atoms with Crippen LogP contribution in [0.4, 0.5) is 0 Å². The monoisotopic (exact) mass is 429 g/mol. The highest BCUT2D eigenvalue weighted by Crippen LogP contribution is 2.28. The second kappa shape index (κ2) is 11.0. The smallest absolute Gasteiger partial charge is 0.303 e. The van der Waals surface area contributed by atoms with Crippen molar-refractivity contribution < 1.29 is 14.6 Å². The standard InChI is InChI=1S/C28H31NO3/c30-28(31)15-12-22-10-13-27(14-11-22)32-21-24-8-6-23(7-9-24)20-29-18-16-26(17-19-29)25-4-2-1-3-5-25/h1-11,13-14,26H,12,15-21H2,(H,30,31). The first-order valence-corrected chi connectivity index (χ1v) is 11.4. The van der Waals surface area contributed by atoms with E-state index in [1.165, 1.54) is 24.0 Å². The summed E-state index contributed by atoms with van der Waals surface area (Å²) in [6, 6.07) is 27.3. The maximum Gasteiger partial charge on any atom is 0.303 e. The van der Waals surface area contributed by atoms with E-state index in [0.717, 1.165) is 36.5 Å². The van der Waals surface area contributed by atoms with Crippen LogP contribution in [0.1, 0.15) is 47.4 Å². The van der Waals surface area contributed by atoms with E-state index in [4.69, 9.17) is 9.84 Å². The number of carbonyl (C=O) groups is 1. The molecular formula is C28H31NO3. The highest BCUT2D eigenvalue weighted by atomic mass is 16.5. The van der Waals surface area contributed by atoms with Gasteiger partial charge < -0.3 is 9.84 Å². The molecule has 1 heterocycles. The number of benzene rings is 3. The van der Waals surface area contributed by atoms with Gasteiger partial charge in [-0.25, -0.2) is 0 Å². The molecule has 1 fully saturated rings. The first-order valence-electron chi connectivity index (χ1n) is 11.4. The van der Waals surface area contributed by atoms with Crippen molar-refractivity contribution in [1.82, 2.24) is 4.90 Å². The third-order valence-corrected chi connectivity index (χ3v) is 6.24. The molecule has 1 N–H and O–H groups in total. The molecule has 1 aliphatic heterocycles. The summed E-state index contributed by atoms with van der Waals surface area (Å²) in [5, 5.41) is 8.78. The van der Waals surface area contributed by atoms with Gasteiger partial charge in [0.1, 0.15) is 12.4 Å². The summed E-state index contributed by atoms with van der Waals surface area (Å²) in [4.78, 5) is 13.2. The Balaban J connectivity index is 1.21. The number of nitrogens with zero attached hydrogens (tertiary/aromatic N) is 1. The molecule has 0 atom stereocenters. The van der Waals surface area contributed by atoms with E-state index in [0.29, 0.717) is 18.9 Å². The number of hydrogen-bond acceptors (Lipinski definition) is 3. The zero-order chi connectivity index (χ0) is 22.2. The van der Waals surface area contributed by atoms with Gasteiger partial charge in [0.25, 0.3) is 0 Å². The predicted molar refractivity (Wildman–Crippen MR) is 127 cm³/mol. The van der Waals surface area contributed by atoms with Crippen LogP contribution in [0, 0.1) is 0 Å². The topological polar surface area (TPSA) is 49.8 Å².